The van der Waals surface area contributed by atoms with E-state index in [0.29, 0.717) is 121 Å². The monoisotopic (exact) mass is 1850 g/mol. The van der Waals surface area contributed by atoms with Gasteiger partial charge in [-0.1, -0.05) is 237 Å². The van der Waals surface area contributed by atoms with E-state index >= 15 is 0 Å². The lowest BCUT2D eigenvalue weighted by atomic mass is 10.00. The molecule has 0 atom stereocenters. The second-order valence-corrected chi connectivity index (χ2v) is 30.9. The second kappa shape index (κ2) is 53.1. The van der Waals surface area contributed by atoms with Crippen molar-refractivity contribution in [2.45, 2.75) is 90.9 Å². The minimum atomic E-state index is -0.220. The zero-order valence-corrected chi connectivity index (χ0v) is 75.7. The molecule has 126 heavy (non-hydrogen) atoms. The molecular weight excluding hydrogens is 1770 g/mol. The van der Waals surface area contributed by atoms with Gasteiger partial charge in [-0.3, -0.25) is 57.5 Å². The summed E-state index contributed by atoms with van der Waals surface area (Å²) in [4.78, 5) is 145. The van der Waals surface area contributed by atoms with Crippen LogP contribution in [0.3, 0.4) is 0 Å². The van der Waals surface area contributed by atoms with Gasteiger partial charge in [0, 0.05) is 131 Å². The molecule has 17 nitrogen and oxygen atoms in total. The highest BCUT2D eigenvalue weighted by atomic mass is 79.9. The van der Waals surface area contributed by atoms with Gasteiger partial charge in [-0.15, -0.1) is 0 Å². The summed E-state index contributed by atoms with van der Waals surface area (Å²) in [5.74, 6) is 1.52. The molecule has 12 aromatic rings. The zero-order valence-electron chi connectivity index (χ0n) is 70.3. The van der Waals surface area contributed by atoms with Gasteiger partial charge in [0.15, 0.2) is 69.4 Å². The molecule has 0 radical (unpaired) electrons. The molecule has 0 saturated carbocycles. The fourth-order valence-corrected chi connectivity index (χ4v) is 13.8. The standard InChI is InChI=1S/2C18H18O3.C17H15BrO3.2C17H15ClO3.C16H11Cl3O2/c1-13-6-5-7-14(12-13)16(19)10-11-17(20)15-8-3-4-9-18(15)21-2;1-13-7-9-14(10-8-13)16(19)11-12-17(20)15-5-3-4-6-18(15)21-2;1-21-17-8-3-2-7-14(17)16(20)10-9-15(19)12-5-4-6-13(18)11-12;1-21-17-9-5-3-7-13(17)16(20)11-10-15(19)12-6-2-4-8-14(12)18;1-21-17-8-3-2-7-14(17)16(20)10-9-15(19)12-5-4-6-13(18)11-12;17-10-5-6-14(19)12(9-10)16(21)8-7-15(20)11-3-1-2-4-13(11)18/h3-9,12H,10-11H2,1-2H3;3-10H,11-12H2,1-2H3;2-8,11H,9-10H2,1H3;2-9H,10-11H2,1H3;2-8,11H,9-10H2,1H3;1-6,9H,7-8H2. The molecule has 0 aliphatic carbocycles. The van der Waals surface area contributed by atoms with E-state index in [-0.39, 0.29) is 146 Å². The summed E-state index contributed by atoms with van der Waals surface area (Å²) >= 11 is 32.9. The van der Waals surface area contributed by atoms with Crippen LogP contribution in [0, 0.1) is 13.8 Å². The average molecular weight is 1860 g/mol. The number of benzene rings is 12. The molecule has 0 fully saturated rings. The number of ether oxygens (including phenoxy) is 5. The Kier molecular flexibility index (Phi) is 42.4. The van der Waals surface area contributed by atoms with Gasteiger partial charge in [-0.25, -0.2) is 0 Å². The summed E-state index contributed by atoms with van der Waals surface area (Å²) in [5, 5.41) is 2.06. The molecule has 12 rings (SSSR count). The van der Waals surface area contributed by atoms with Gasteiger partial charge in [0.25, 0.3) is 0 Å². The molecule has 12 aromatic carbocycles. The number of Topliss-reactive ketones (excluding diaryl/α,β-unsaturated/α-hetero) is 12. The SMILES string of the molecule is COc1ccccc1C(=O)CCC(=O)c1ccc(C)cc1.COc1ccccc1C(=O)CCC(=O)c1cccc(Br)c1.COc1ccccc1C(=O)CCC(=O)c1cccc(C)c1.COc1ccccc1C(=O)CCC(=O)c1cccc(Cl)c1.COc1ccccc1C(=O)CCC(=O)c1ccccc1Cl.O=C(CCC(=O)c1cc(Cl)ccc1Cl)c1ccccc1Cl. The van der Waals surface area contributed by atoms with Gasteiger partial charge >= 0.3 is 0 Å². The Morgan fingerprint density at radius 2 is 0.468 bits per heavy atom. The summed E-state index contributed by atoms with van der Waals surface area (Å²) in [6.45, 7) is 3.91. The maximum absolute atomic E-state index is 12.2. The third-order valence-electron chi connectivity index (χ3n) is 19.1. The highest BCUT2D eigenvalue weighted by Gasteiger charge is 2.22. The highest BCUT2D eigenvalue weighted by molar-refractivity contribution is 9.10. The van der Waals surface area contributed by atoms with Gasteiger partial charge in [-0.05, 0) is 147 Å². The van der Waals surface area contributed by atoms with Crippen molar-refractivity contribution < 1.29 is 81.2 Å². The van der Waals surface area contributed by atoms with Crippen LogP contribution >= 0.6 is 73.9 Å². The van der Waals surface area contributed by atoms with E-state index in [1.54, 1.807) is 224 Å². The predicted molar refractivity (Wildman–Crippen MR) is 500 cm³/mol. The number of aryl methyl sites for hydroxylation is 2. The van der Waals surface area contributed by atoms with Crippen LogP contribution in [0.4, 0.5) is 0 Å². The number of hydrogen-bond donors (Lipinski definition) is 0. The molecule has 0 spiro atoms. The van der Waals surface area contributed by atoms with E-state index < -0.39 is 0 Å². The summed E-state index contributed by atoms with van der Waals surface area (Å²) in [7, 11) is 7.62. The Hall–Kier alpha value is -12.4. The van der Waals surface area contributed by atoms with Crippen LogP contribution in [-0.2, 0) is 0 Å². The lowest BCUT2D eigenvalue weighted by Gasteiger charge is -2.07. The molecular formula is C103H92BrCl5O17. The molecule has 0 N–H and O–H groups in total. The van der Waals surface area contributed by atoms with Crippen molar-refractivity contribution in [3.63, 3.8) is 0 Å². The van der Waals surface area contributed by atoms with E-state index in [2.05, 4.69) is 15.9 Å². The van der Waals surface area contributed by atoms with Crippen LogP contribution in [0.15, 0.2) is 290 Å². The summed E-state index contributed by atoms with van der Waals surface area (Å²) in [6, 6.07) is 82.2. The van der Waals surface area contributed by atoms with Crippen molar-refractivity contribution in [3.05, 3.63) is 393 Å². The van der Waals surface area contributed by atoms with Crippen LogP contribution < -0.4 is 23.7 Å². The Bertz CT molecular complexity index is 5550. The van der Waals surface area contributed by atoms with E-state index in [9.17, 15) is 57.5 Å². The number of halogens is 6. The quantitative estimate of drug-likeness (QED) is 0.0335. The Morgan fingerprint density at radius 3 is 0.786 bits per heavy atom. The van der Waals surface area contributed by atoms with Crippen molar-refractivity contribution in [2.24, 2.45) is 0 Å². The van der Waals surface area contributed by atoms with Crippen LogP contribution in [-0.4, -0.2) is 105 Å². The van der Waals surface area contributed by atoms with E-state index in [0.717, 1.165) is 15.6 Å². The normalized spacial score (nSPS) is 10.2. The first-order chi connectivity index (χ1) is 60.6. The first kappa shape index (κ1) is 101. The number of carbonyl (C=O) groups excluding carboxylic acids is 12. The van der Waals surface area contributed by atoms with E-state index in [1.807, 2.05) is 68.4 Å². The van der Waals surface area contributed by atoms with Crippen molar-refractivity contribution in [1.82, 2.24) is 0 Å². The topological polar surface area (TPSA) is 251 Å². The highest BCUT2D eigenvalue weighted by Crippen LogP contribution is 2.30. The summed E-state index contributed by atoms with van der Waals surface area (Å²) in [6.07, 6.45) is 1.84. The first-order valence-electron chi connectivity index (χ1n) is 39.7. The Labute approximate surface area is 766 Å². The van der Waals surface area contributed by atoms with Crippen molar-refractivity contribution >= 4 is 143 Å². The third kappa shape index (κ3) is 32.3. The number of carbonyl (C=O) groups is 12. The second-order valence-electron chi connectivity index (χ2n) is 27.9. The van der Waals surface area contributed by atoms with Gasteiger partial charge in [-0.2, -0.15) is 0 Å². The van der Waals surface area contributed by atoms with E-state index in [4.69, 9.17) is 81.7 Å². The number of para-hydroxylation sites is 5. The molecule has 0 unspecified atom stereocenters. The number of ketones is 12. The third-order valence-corrected chi connectivity index (χ3v) is 21.0. The van der Waals surface area contributed by atoms with Gasteiger partial charge in [0.05, 0.1) is 78.4 Å². The summed E-state index contributed by atoms with van der Waals surface area (Å²) in [5.41, 5.74) is 8.34. The number of methoxy groups -OCH3 is 5. The lowest BCUT2D eigenvalue weighted by Crippen LogP contribution is -2.07. The fraction of sp³-hybridized carbons (Fsp3) is 0.184. The van der Waals surface area contributed by atoms with Crippen LogP contribution in [0.5, 0.6) is 28.7 Å². The minimum Gasteiger partial charge on any atom is -0.496 e. The average Bonchev–Trinajstić information content (AvgIpc) is 0.886. The summed E-state index contributed by atoms with van der Waals surface area (Å²) < 4.78 is 26.6. The zero-order chi connectivity index (χ0) is 91.6. The van der Waals surface area contributed by atoms with Crippen molar-refractivity contribution in [3.8, 4) is 28.7 Å². The van der Waals surface area contributed by atoms with Crippen molar-refractivity contribution in [1.29, 1.82) is 0 Å². The van der Waals surface area contributed by atoms with Crippen LogP contribution in [0.25, 0.3) is 0 Å². The predicted octanol–water partition coefficient (Wildman–Crippen LogP) is 25.9. The smallest absolute Gasteiger partial charge is 0.167 e. The largest absolute Gasteiger partial charge is 0.496 e. The molecule has 0 aliphatic rings. The Morgan fingerprint density at radius 1 is 0.214 bits per heavy atom. The molecule has 0 heterocycles. The molecule has 0 amide bonds. The first-order valence-corrected chi connectivity index (χ1v) is 42.4. The molecule has 0 bridgehead atoms. The maximum Gasteiger partial charge on any atom is 0.167 e. The molecule has 0 saturated heterocycles. The van der Waals surface area contributed by atoms with Gasteiger partial charge in [0.2, 0.25) is 0 Å². The van der Waals surface area contributed by atoms with E-state index in [1.165, 1.54) is 41.6 Å². The minimum absolute atomic E-state index is 0.0121. The van der Waals surface area contributed by atoms with Gasteiger partial charge < -0.3 is 23.7 Å². The van der Waals surface area contributed by atoms with Crippen LogP contribution in [0.1, 0.15) is 212 Å². The maximum atomic E-state index is 12.2. The molecule has 0 aromatic heterocycles. The number of rotatable bonds is 35. The molecule has 23 heteroatoms. The van der Waals surface area contributed by atoms with Crippen LogP contribution in [0.2, 0.25) is 25.1 Å². The molecule has 0 aliphatic heterocycles. The van der Waals surface area contributed by atoms with Crippen molar-refractivity contribution in [2.75, 3.05) is 35.5 Å². The number of hydrogen-bond acceptors (Lipinski definition) is 17. The van der Waals surface area contributed by atoms with Gasteiger partial charge in [0.1, 0.15) is 28.7 Å². The lowest BCUT2D eigenvalue weighted by molar-refractivity contribution is 0.0916. The Balaban J connectivity index is 0.000000207. The fourth-order valence-electron chi connectivity index (χ4n) is 12.4. The molecule has 648 valence electrons.